The number of carbonyl (C=O) groups is 2. The van der Waals surface area contributed by atoms with Crippen molar-refractivity contribution in [2.45, 2.75) is 19.6 Å². The van der Waals surface area contributed by atoms with Crippen molar-refractivity contribution in [3.8, 4) is 11.5 Å². The molecule has 0 saturated carbocycles. The predicted octanol–water partition coefficient (Wildman–Crippen LogP) is 3.39. The standard InChI is InChI=1S/C18H16F2N2O7/c1-10(28-17(24)11-3-6-13(7-4-11)29-18(19)20)16(23)21-14-8-5-12(22(25)26)9-15(14)27-2/h3-10,18H,1-2H3,(H,21,23)/t10-/m1/s1. The van der Waals surface area contributed by atoms with Crippen molar-refractivity contribution in [2.75, 3.05) is 12.4 Å². The molecule has 0 aliphatic rings. The molecule has 154 valence electrons. The second-order valence-electron chi connectivity index (χ2n) is 5.58. The number of alkyl halides is 2. The van der Waals surface area contributed by atoms with E-state index in [4.69, 9.17) is 9.47 Å². The molecular formula is C18H16F2N2O7. The summed E-state index contributed by atoms with van der Waals surface area (Å²) in [7, 11) is 1.28. The van der Waals surface area contributed by atoms with E-state index in [1.54, 1.807) is 0 Å². The number of nitro benzene ring substituents is 1. The van der Waals surface area contributed by atoms with Crippen molar-refractivity contribution in [3.63, 3.8) is 0 Å². The van der Waals surface area contributed by atoms with Crippen LogP contribution in [0.3, 0.4) is 0 Å². The summed E-state index contributed by atoms with van der Waals surface area (Å²) in [6.45, 7) is -1.67. The normalized spacial score (nSPS) is 11.5. The Labute approximate surface area is 163 Å². The van der Waals surface area contributed by atoms with Crippen LogP contribution in [0.15, 0.2) is 42.5 Å². The summed E-state index contributed by atoms with van der Waals surface area (Å²) in [6.07, 6.45) is -1.22. The molecule has 0 aromatic heterocycles. The number of hydrogen-bond acceptors (Lipinski definition) is 7. The first-order valence-corrected chi connectivity index (χ1v) is 8.10. The van der Waals surface area contributed by atoms with E-state index in [9.17, 15) is 28.5 Å². The fourth-order valence-corrected chi connectivity index (χ4v) is 2.19. The number of ether oxygens (including phenoxy) is 3. The molecule has 0 aliphatic heterocycles. The van der Waals surface area contributed by atoms with Crippen LogP contribution in [0.4, 0.5) is 20.2 Å². The molecule has 1 atom stereocenters. The first kappa shape index (κ1) is 21.5. The molecule has 9 nitrogen and oxygen atoms in total. The Kier molecular flexibility index (Phi) is 7.01. The number of non-ortho nitro benzene ring substituents is 1. The highest BCUT2D eigenvalue weighted by molar-refractivity contribution is 5.98. The highest BCUT2D eigenvalue weighted by atomic mass is 19.3. The van der Waals surface area contributed by atoms with Crippen LogP contribution in [-0.2, 0) is 9.53 Å². The molecule has 0 saturated heterocycles. The van der Waals surface area contributed by atoms with E-state index in [2.05, 4.69) is 10.1 Å². The number of carbonyl (C=O) groups excluding carboxylic acids is 2. The smallest absolute Gasteiger partial charge is 0.387 e. The Morgan fingerprint density at radius 1 is 1.14 bits per heavy atom. The summed E-state index contributed by atoms with van der Waals surface area (Å²) in [5, 5.41) is 13.2. The number of halogens is 2. The van der Waals surface area contributed by atoms with Gasteiger partial charge in [-0.05, 0) is 37.3 Å². The van der Waals surface area contributed by atoms with Crippen LogP contribution in [-0.4, -0.2) is 36.6 Å². The Morgan fingerprint density at radius 2 is 1.79 bits per heavy atom. The number of nitrogens with one attached hydrogen (secondary N) is 1. The summed E-state index contributed by atoms with van der Waals surface area (Å²) in [5.41, 5.74) is -0.0442. The van der Waals surface area contributed by atoms with E-state index < -0.39 is 29.5 Å². The third-order valence-electron chi connectivity index (χ3n) is 3.62. The van der Waals surface area contributed by atoms with E-state index in [0.29, 0.717) is 0 Å². The zero-order valence-corrected chi connectivity index (χ0v) is 15.3. The van der Waals surface area contributed by atoms with Crippen LogP contribution in [0.5, 0.6) is 11.5 Å². The minimum Gasteiger partial charge on any atom is -0.494 e. The number of hydrogen-bond donors (Lipinski definition) is 1. The number of nitrogens with zero attached hydrogens (tertiary/aromatic N) is 1. The highest BCUT2D eigenvalue weighted by Gasteiger charge is 2.21. The van der Waals surface area contributed by atoms with Gasteiger partial charge in [0.1, 0.15) is 11.5 Å². The molecule has 0 unspecified atom stereocenters. The Hall–Kier alpha value is -3.76. The molecule has 0 bridgehead atoms. The number of anilines is 1. The molecule has 1 N–H and O–H groups in total. The highest BCUT2D eigenvalue weighted by Crippen LogP contribution is 2.29. The molecular weight excluding hydrogens is 394 g/mol. The minimum atomic E-state index is -2.99. The molecule has 2 rings (SSSR count). The quantitative estimate of drug-likeness (QED) is 0.403. The van der Waals surface area contributed by atoms with Crippen LogP contribution in [0.1, 0.15) is 17.3 Å². The summed E-state index contributed by atoms with van der Waals surface area (Å²) in [4.78, 5) is 34.5. The number of methoxy groups -OCH3 is 1. The van der Waals surface area contributed by atoms with Crippen molar-refractivity contribution >= 4 is 23.3 Å². The van der Waals surface area contributed by atoms with Gasteiger partial charge in [-0.15, -0.1) is 0 Å². The zero-order chi connectivity index (χ0) is 21.6. The first-order valence-electron chi connectivity index (χ1n) is 8.10. The molecule has 29 heavy (non-hydrogen) atoms. The van der Waals surface area contributed by atoms with Gasteiger partial charge in [0.15, 0.2) is 6.10 Å². The summed E-state index contributed by atoms with van der Waals surface area (Å²) < 4.78 is 38.5. The lowest BCUT2D eigenvalue weighted by Crippen LogP contribution is -2.30. The number of amides is 1. The second kappa shape index (κ2) is 9.44. The van der Waals surface area contributed by atoms with E-state index in [1.807, 2.05) is 0 Å². The van der Waals surface area contributed by atoms with Crippen molar-refractivity contribution in [3.05, 3.63) is 58.1 Å². The maximum atomic E-state index is 12.3. The van der Waals surface area contributed by atoms with Gasteiger partial charge in [0, 0.05) is 6.07 Å². The summed E-state index contributed by atoms with van der Waals surface area (Å²) in [6, 6.07) is 8.34. The number of rotatable bonds is 8. The third kappa shape index (κ3) is 5.86. The monoisotopic (exact) mass is 410 g/mol. The fourth-order valence-electron chi connectivity index (χ4n) is 2.19. The van der Waals surface area contributed by atoms with Gasteiger partial charge >= 0.3 is 12.6 Å². The van der Waals surface area contributed by atoms with Crippen molar-refractivity contribution in [1.82, 2.24) is 0 Å². The molecule has 2 aromatic rings. The predicted molar refractivity (Wildman–Crippen MR) is 96.2 cm³/mol. The molecule has 1 amide bonds. The van der Waals surface area contributed by atoms with Gasteiger partial charge < -0.3 is 19.5 Å². The fraction of sp³-hybridized carbons (Fsp3) is 0.222. The average Bonchev–Trinajstić information content (AvgIpc) is 2.67. The lowest BCUT2D eigenvalue weighted by Gasteiger charge is -2.15. The molecule has 11 heteroatoms. The number of esters is 1. The first-order chi connectivity index (χ1) is 13.7. The maximum absolute atomic E-state index is 12.3. The van der Waals surface area contributed by atoms with Crippen molar-refractivity contribution in [2.24, 2.45) is 0 Å². The Bertz CT molecular complexity index is 904. The van der Waals surface area contributed by atoms with Crippen LogP contribution < -0.4 is 14.8 Å². The van der Waals surface area contributed by atoms with Gasteiger partial charge in [-0.1, -0.05) is 0 Å². The SMILES string of the molecule is COc1cc([N+](=O)[O-])ccc1NC(=O)[C@@H](C)OC(=O)c1ccc(OC(F)F)cc1. The van der Waals surface area contributed by atoms with Crippen molar-refractivity contribution in [1.29, 1.82) is 0 Å². The van der Waals surface area contributed by atoms with Crippen LogP contribution in [0, 0.1) is 10.1 Å². The van der Waals surface area contributed by atoms with E-state index in [1.165, 1.54) is 38.3 Å². The topological polar surface area (TPSA) is 117 Å². The van der Waals surface area contributed by atoms with Crippen LogP contribution in [0.2, 0.25) is 0 Å². The van der Waals surface area contributed by atoms with Gasteiger partial charge in [0.2, 0.25) is 0 Å². The summed E-state index contributed by atoms with van der Waals surface area (Å²) >= 11 is 0. The maximum Gasteiger partial charge on any atom is 0.387 e. The molecule has 0 aliphatic carbocycles. The van der Waals surface area contributed by atoms with Gasteiger partial charge in [0.25, 0.3) is 11.6 Å². The van der Waals surface area contributed by atoms with Gasteiger partial charge in [0.05, 0.1) is 29.4 Å². The molecule has 2 aromatic carbocycles. The number of nitro groups is 1. The van der Waals surface area contributed by atoms with E-state index in [0.717, 1.165) is 18.2 Å². The van der Waals surface area contributed by atoms with Crippen LogP contribution >= 0.6 is 0 Å². The van der Waals surface area contributed by atoms with Crippen LogP contribution in [0.25, 0.3) is 0 Å². The third-order valence-corrected chi connectivity index (χ3v) is 3.62. The molecule has 0 fully saturated rings. The average molecular weight is 410 g/mol. The Balaban J connectivity index is 2.01. The second-order valence-corrected chi connectivity index (χ2v) is 5.58. The Morgan fingerprint density at radius 3 is 2.34 bits per heavy atom. The zero-order valence-electron chi connectivity index (χ0n) is 15.3. The van der Waals surface area contributed by atoms with Gasteiger partial charge in [-0.2, -0.15) is 8.78 Å². The molecule has 0 spiro atoms. The lowest BCUT2D eigenvalue weighted by molar-refractivity contribution is -0.384. The number of benzene rings is 2. The largest absolute Gasteiger partial charge is 0.494 e. The van der Waals surface area contributed by atoms with E-state index in [-0.39, 0.29) is 28.4 Å². The van der Waals surface area contributed by atoms with Crippen molar-refractivity contribution < 1.29 is 37.5 Å². The van der Waals surface area contributed by atoms with Gasteiger partial charge in [-0.3, -0.25) is 14.9 Å². The summed E-state index contributed by atoms with van der Waals surface area (Å²) in [5.74, 6) is -1.64. The minimum absolute atomic E-state index is 0.0270. The molecule has 0 radical (unpaired) electrons. The van der Waals surface area contributed by atoms with Gasteiger partial charge in [-0.25, -0.2) is 4.79 Å². The lowest BCUT2D eigenvalue weighted by atomic mass is 10.2. The van der Waals surface area contributed by atoms with E-state index >= 15 is 0 Å². The molecule has 0 heterocycles.